The number of rotatable bonds is 0. The topological polar surface area (TPSA) is 29.1 Å². The van der Waals surface area contributed by atoms with E-state index in [1.54, 1.807) is 0 Å². The molecule has 0 unspecified atom stereocenters. The Bertz CT molecular complexity index is 445. The summed E-state index contributed by atoms with van der Waals surface area (Å²) in [6.45, 7) is 0.784. The lowest BCUT2D eigenvalue weighted by Crippen LogP contribution is -2.24. The molecule has 0 saturated carbocycles. The van der Waals surface area contributed by atoms with Crippen LogP contribution in [0.1, 0.15) is 17.5 Å². The third kappa shape index (κ3) is 0.939. The van der Waals surface area contributed by atoms with Crippen molar-refractivity contribution in [2.24, 2.45) is 0 Å². The van der Waals surface area contributed by atoms with Crippen LogP contribution in [-0.4, -0.2) is 12.3 Å². The Kier molecular flexibility index (Phi) is 1.51. The number of benzene rings is 1. The maximum Gasteiger partial charge on any atom is 0.163 e. The molecule has 1 aliphatic heterocycles. The Morgan fingerprint density at radius 1 is 1.21 bits per heavy atom. The highest BCUT2D eigenvalue weighted by Crippen LogP contribution is 2.33. The summed E-state index contributed by atoms with van der Waals surface area (Å²) < 4.78 is 0. The average molecular weight is 185 g/mol. The first kappa shape index (κ1) is 7.80. The molecule has 3 rings (SSSR count). The Morgan fingerprint density at radius 3 is 3.00 bits per heavy atom. The summed E-state index contributed by atoms with van der Waals surface area (Å²) in [4.78, 5) is 11.6. The van der Waals surface area contributed by atoms with E-state index in [4.69, 9.17) is 0 Å². The summed E-state index contributed by atoms with van der Waals surface area (Å²) in [6.07, 6.45) is 1.46. The maximum atomic E-state index is 11.6. The number of ketones is 1. The zero-order valence-electron chi connectivity index (χ0n) is 7.84. The highest BCUT2D eigenvalue weighted by molar-refractivity contribution is 6.06. The predicted molar refractivity (Wildman–Crippen MR) is 54.7 cm³/mol. The van der Waals surface area contributed by atoms with E-state index in [1.165, 1.54) is 11.1 Å². The molecule has 0 fully saturated rings. The molecule has 0 aromatic heterocycles. The zero-order valence-corrected chi connectivity index (χ0v) is 7.84. The van der Waals surface area contributed by atoms with E-state index >= 15 is 0 Å². The van der Waals surface area contributed by atoms with Gasteiger partial charge in [0.15, 0.2) is 5.78 Å². The molecule has 1 heterocycles. The van der Waals surface area contributed by atoms with Crippen molar-refractivity contribution < 1.29 is 4.79 Å². The second-order valence-electron chi connectivity index (χ2n) is 3.79. The van der Waals surface area contributed by atoms with Crippen LogP contribution < -0.4 is 5.32 Å². The van der Waals surface area contributed by atoms with Gasteiger partial charge in [-0.05, 0) is 5.56 Å². The summed E-state index contributed by atoms with van der Waals surface area (Å²) in [7, 11) is 0. The number of carbonyl (C=O) groups excluding carboxylic acids is 1. The lowest BCUT2D eigenvalue weighted by atomic mass is 10.0. The minimum Gasteiger partial charge on any atom is -0.384 e. The quantitative estimate of drug-likeness (QED) is 0.664. The van der Waals surface area contributed by atoms with Crippen molar-refractivity contribution in [3.8, 4) is 0 Å². The van der Waals surface area contributed by atoms with Gasteiger partial charge in [-0.2, -0.15) is 0 Å². The first-order chi connectivity index (χ1) is 6.86. The summed E-state index contributed by atoms with van der Waals surface area (Å²) in [5.74, 6) is 0.315. The molecule has 70 valence electrons. The Hall–Kier alpha value is -1.57. The molecule has 0 atom stereocenters. The van der Waals surface area contributed by atoms with Gasteiger partial charge in [-0.15, -0.1) is 0 Å². The maximum absolute atomic E-state index is 11.6. The van der Waals surface area contributed by atoms with E-state index in [-0.39, 0.29) is 0 Å². The van der Waals surface area contributed by atoms with Crippen LogP contribution in [0.3, 0.4) is 0 Å². The summed E-state index contributed by atoms with van der Waals surface area (Å²) in [5.41, 5.74) is 4.56. The molecule has 1 N–H and O–H groups in total. The van der Waals surface area contributed by atoms with Crippen molar-refractivity contribution in [3.05, 3.63) is 41.0 Å². The van der Waals surface area contributed by atoms with Crippen LogP contribution in [0.15, 0.2) is 29.8 Å². The molecule has 2 heteroatoms. The standard InChI is InChI=1S/C12H11NO/c14-11-5-6-13-12-9-4-2-1-3-8(9)7-10(11)12/h1-4,13H,5-7H2. The van der Waals surface area contributed by atoms with Crippen LogP contribution in [0.5, 0.6) is 0 Å². The largest absolute Gasteiger partial charge is 0.384 e. The fourth-order valence-corrected chi connectivity index (χ4v) is 2.25. The van der Waals surface area contributed by atoms with Crippen LogP contribution >= 0.6 is 0 Å². The molecule has 2 nitrogen and oxygen atoms in total. The molecular formula is C12H11NO. The van der Waals surface area contributed by atoms with Gasteiger partial charge in [0.05, 0.1) is 0 Å². The van der Waals surface area contributed by atoms with Gasteiger partial charge in [-0.1, -0.05) is 24.3 Å². The predicted octanol–water partition coefficient (Wildman–Crippen LogP) is 1.52. The monoisotopic (exact) mass is 185 g/mol. The number of hydrogen-bond acceptors (Lipinski definition) is 2. The van der Waals surface area contributed by atoms with Crippen LogP contribution in [0.25, 0.3) is 5.70 Å². The zero-order chi connectivity index (χ0) is 9.54. The molecule has 0 bridgehead atoms. The first-order valence-corrected chi connectivity index (χ1v) is 4.95. The van der Waals surface area contributed by atoms with Crippen LogP contribution in [0.2, 0.25) is 0 Å². The molecule has 2 aliphatic rings. The molecule has 1 aromatic rings. The molecular weight excluding hydrogens is 174 g/mol. The van der Waals surface area contributed by atoms with Crippen LogP contribution in [0.4, 0.5) is 0 Å². The minimum atomic E-state index is 0.315. The number of carbonyl (C=O) groups is 1. The van der Waals surface area contributed by atoms with Gasteiger partial charge in [0.25, 0.3) is 0 Å². The van der Waals surface area contributed by atoms with E-state index in [1.807, 2.05) is 12.1 Å². The number of fused-ring (bicyclic) bond motifs is 2. The molecule has 0 saturated heterocycles. The van der Waals surface area contributed by atoms with Crippen LogP contribution in [0, 0.1) is 0 Å². The smallest absolute Gasteiger partial charge is 0.163 e. The fourth-order valence-electron chi connectivity index (χ4n) is 2.25. The number of allylic oxidation sites excluding steroid dienone is 1. The van der Waals surface area contributed by atoms with Crippen LogP contribution in [-0.2, 0) is 11.2 Å². The Balaban J connectivity index is 2.16. The van der Waals surface area contributed by atoms with Crippen molar-refractivity contribution in [1.29, 1.82) is 0 Å². The van der Waals surface area contributed by atoms with E-state index in [2.05, 4.69) is 17.4 Å². The summed E-state index contributed by atoms with van der Waals surface area (Å²) in [6, 6.07) is 8.24. The average Bonchev–Trinajstić information content (AvgIpc) is 2.59. The van der Waals surface area contributed by atoms with E-state index in [0.29, 0.717) is 12.2 Å². The van der Waals surface area contributed by atoms with Crippen molar-refractivity contribution >= 4 is 11.5 Å². The van der Waals surface area contributed by atoms with Crippen molar-refractivity contribution in [2.75, 3.05) is 6.54 Å². The van der Waals surface area contributed by atoms with E-state index in [9.17, 15) is 4.79 Å². The van der Waals surface area contributed by atoms with Gasteiger partial charge in [-0.3, -0.25) is 4.79 Å². The summed E-state index contributed by atoms with van der Waals surface area (Å²) >= 11 is 0. The van der Waals surface area contributed by atoms with Crippen molar-refractivity contribution in [1.82, 2.24) is 5.32 Å². The third-order valence-electron chi connectivity index (χ3n) is 2.95. The number of hydrogen-bond donors (Lipinski definition) is 1. The molecule has 0 radical (unpaired) electrons. The number of Topliss-reactive ketones (excluding diaryl/α,β-unsaturated/α-hetero) is 1. The first-order valence-electron chi connectivity index (χ1n) is 4.95. The van der Waals surface area contributed by atoms with Gasteiger partial charge >= 0.3 is 0 Å². The Labute approximate surface area is 82.6 Å². The molecule has 1 aliphatic carbocycles. The van der Waals surface area contributed by atoms with Gasteiger partial charge in [-0.25, -0.2) is 0 Å². The molecule has 14 heavy (non-hydrogen) atoms. The van der Waals surface area contributed by atoms with Crippen molar-refractivity contribution in [3.63, 3.8) is 0 Å². The van der Waals surface area contributed by atoms with Gasteiger partial charge < -0.3 is 5.32 Å². The SMILES string of the molecule is O=C1CCNC2=C1Cc1ccccc12. The van der Waals surface area contributed by atoms with Gasteiger partial charge in [0.2, 0.25) is 0 Å². The molecule has 1 aromatic carbocycles. The fraction of sp³-hybridized carbons (Fsp3) is 0.250. The lowest BCUT2D eigenvalue weighted by Gasteiger charge is -2.15. The van der Waals surface area contributed by atoms with Gasteiger partial charge in [0.1, 0.15) is 0 Å². The normalized spacial score (nSPS) is 19.0. The highest BCUT2D eigenvalue weighted by atomic mass is 16.1. The van der Waals surface area contributed by atoms with E-state index in [0.717, 1.165) is 24.2 Å². The van der Waals surface area contributed by atoms with Gasteiger partial charge in [0, 0.05) is 36.2 Å². The number of nitrogens with one attached hydrogen (secondary N) is 1. The second-order valence-corrected chi connectivity index (χ2v) is 3.79. The lowest BCUT2D eigenvalue weighted by molar-refractivity contribution is -0.115. The minimum absolute atomic E-state index is 0.315. The second kappa shape index (κ2) is 2.71. The third-order valence-corrected chi connectivity index (χ3v) is 2.95. The molecule has 0 amide bonds. The molecule has 0 spiro atoms. The summed E-state index contributed by atoms with van der Waals surface area (Å²) in [5, 5.41) is 3.33. The van der Waals surface area contributed by atoms with Crippen molar-refractivity contribution in [2.45, 2.75) is 12.8 Å². The van der Waals surface area contributed by atoms with E-state index < -0.39 is 0 Å². The highest BCUT2D eigenvalue weighted by Gasteiger charge is 2.28. The Morgan fingerprint density at radius 2 is 2.07 bits per heavy atom.